The smallest absolute Gasteiger partial charge is 0.289 e. The molecule has 3 atom stereocenters. The lowest BCUT2D eigenvalue weighted by atomic mass is 9.49. The number of nitro benzene ring substituents is 1. The van der Waals surface area contributed by atoms with Crippen LogP contribution < -0.4 is 0 Å². The highest BCUT2D eigenvalue weighted by molar-refractivity contribution is 7.89. The zero-order valence-electron chi connectivity index (χ0n) is 21.0. The van der Waals surface area contributed by atoms with Crippen LogP contribution in [0.4, 0.5) is 5.69 Å². The average Bonchev–Trinajstić information content (AvgIpc) is 2.79. The first-order valence-corrected chi connectivity index (χ1v) is 14.1. The van der Waals surface area contributed by atoms with E-state index in [0.29, 0.717) is 18.4 Å². The van der Waals surface area contributed by atoms with Gasteiger partial charge in [-0.2, -0.15) is 4.31 Å². The van der Waals surface area contributed by atoms with E-state index in [-0.39, 0.29) is 21.4 Å². The van der Waals surface area contributed by atoms with Crippen LogP contribution in [0.2, 0.25) is 5.02 Å². The molecule has 1 aromatic carbocycles. The van der Waals surface area contributed by atoms with E-state index in [1.54, 1.807) is 4.31 Å². The van der Waals surface area contributed by atoms with E-state index in [1.165, 1.54) is 17.7 Å². The fraction of sp³-hybridized carbons (Fsp3) is 0.680. The molecule has 2 bridgehead atoms. The van der Waals surface area contributed by atoms with Crippen molar-refractivity contribution in [2.24, 2.45) is 17.3 Å². The number of nitro groups is 1. The molecule has 9 heteroatoms. The van der Waals surface area contributed by atoms with Crippen LogP contribution in [0, 0.1) is 27.4 Å². The highest BCUT2D eigenvalue weighted by Crippen LogP contribution is 2.59. The molecule has 0 spiro atoms. The maximum Gasteiger partial charge on any atom is 0.289 e. The van der Waals surface area contributed by atoms with Crippen molar-refractivity contribution < 1.29 is 13.3 Å². The van der Waals surface area contributed by atoms with Crippen LogP contribution in [0.1, 0.15) is 60.3 Å². The number of allylic oxidation sites excluding steroid dienone is 1. The number of nitrogens with zero attached hydrogens (tertiary/aromatic N) is 3. The molecule has 3 aliphatic rings. The maximum atomic E-state index is 13.8. The number of benzene rings is 1. The van der Waals surface area contributed by atoms with Gasteiger partial charge in [0.2, 0.25) is 10.0 Å². The van der Waals surface area contributed by atoms with Gasteiger partial charge in [0.1, 0.15) is 5.02 Å². The lowest BCUT2D eigenvalue weighted by Gasteiger charge is -2.57. The molecule has 3 aliphatic carbocycles. The van der Waals surface area contributed by atoms with Crippen molar-refractivity contribution in [3.63, 3.8) is 0 Å². The number of sulfonamides is 1. The first-order valence-electron chi connectivity index (χ1n) is 12.3. The van der Waals surface area contributed by atoms with Gasteiger partial charge in [0.25, 0.3) is 5.69 Å². The van der Waals surface area contributed by atoms with Crippen LogP contribution in [0.15, 0.2) is 34.7 Å². The van der Waals surface area contributed by atoms with Gasteiger partial charge >= 0.3 is 0 Å². The molecule has 1 saturated carbocycles. The Bertz CT molecular complexity index is 1040. The highest BCUT2D eigenvalue weighted by Gasteiger charge is 2.51. The van der Waals surface area contributed by atoms with E-state index in [4.69, 9.17) is 11.6 Å². The largest absolute Gasteiger partial charge is 0.304 e. The normalized spacial score (nSPS) is 22.4. The fourth-order valence-electron chi connectivity index (χ4n) is 5.54. The zero-order chi connectivity index (χ0) is 25.3. The van der Waals surface area contributed by atoms with Gasteiger partial charge in [-0.05, 0) is 81.6 Å². The van der Waals surface area contributed by atoms with Crippen molar-refractivity contribution in [2.75, 3.05) is 26.2 Å². The molecule has 0 N–H and O–H groups in total. The Kier molecular flexibility index (Phi) is 8.49. The lowest BCUT2D eigenvalue weighted by Crippen LogP contribution is -2.51. The summed E-state index contributed by atoms with van der Waals surface area (Å²) in [6.07, 6.45) is 5.91. The molecular weight excluding hydrogens is 474 g/mol. The average molecular weight is 512 g/mol. The van der Waals surface area contributed by atoms with Gasteiger partial charge in [-0.1, -0.05) is 50.9 Å². The van der Waals surface area contributed by atoms with Crippen molar-refractivity contribution in [1.29, 1.82) is 0 Å². The van der Waals surface area contributed by atoms with Crippen molar-refractivity contribution in [3.05, 3.63) is 45.0 Å². The van der Waals surface area contributed by atoms with Crippen molar-refractivity contribution in [1.82, 2.24) is 9.21 Å². The predicted molar refractivity (Wildman–Crippen MR) is 137 cm³/mol. The molecule has 0 saturated heterocycles. The Hall–Kier alpha value is -1.48. The summed E-state index contributed by atoms with van der Waals surface area (Å²) in [5, 5.41) is 11.3. The van der Waals surface area contributed by atoms with Crippen LogP contribution >= 0.6 is 11.6 Å². The van der Waals surface area contributed by atoms with Crippen LogP contribution in [0.3, 0.4) is 0 Å². The third-order valence-corrected chi connectivity index (χ3v) is 10.4. The first kappa shape index (κ1) is 27.1. The van der Waals surface area contributed by atoms with Gasteiger partial charge in [-0.15, -0.1) is 0 Å². The molecule has 0 aliphatic heterocycles. The van der Waals surface area contributed by atoms with E-state index >= 15 is 0 Å². The van der Waals surface area contributed by atoms with E-state index in [9.17, 15) is 18.5 Å². The van der Waals surface area contributed by atoms with Gasteiger partial charge in [0, 0.05) is 18.7 Å². The third kappa shape index (κ3) is 5.35. The molecule has 4 rings (SSSR count). The summed E-state index contributed by atoms with van der Waals surface area (Å²) in [4.78, 5) is 13.0. The minimum atomic E-state index is -3.96. The summed E-state index contributed by atoms with van der Waals surface area (Å²) in [6, 6.07) is 3.53. The zero-order valence-corrected chi connectivity index (χ0v) is 22.5. The minimum Gasteiger partial charge on any atom is -0.304 e. The van der Waals surface area contributed by atoms with E-state index in [0.717, 1.165) is 51.4 Å². The third-order valence-electron chi connectivity index (χ3n) is 8.12. The highest BCUT2D eigenvalue weighted by atomic mass is 35.5. The van der Waals surface area contributed by atoms with Gasteiger partial charge in [-0.25, -0.2) is 8.42 Å². The van der Waals surface area contributed by atoms with Gasteiger partial charge in [0.05, 0.1) is 9.82 Å². The van der Waals surface area contributed by atoms with E-state index in [1.807, 2.05) is 6.92 Å². The SMILES string of the molecule is CCN(CC)CCCC(C)N(CC1=CCC2CC1C2(C)C)S(=O)(=O)c1ccc(Cl)c([N+](=O)[O-])c1. The summed E-state index contributed by atoms with van der Waals surface area (Å²) in [5.41, 5.74) is 0.969. The maximum absolute atomic E-state index is 13.8. The molecule has 3 unspecified atom stereocenters. The van der Waals surface area contributed by atoms with Crippen LogP contribution in [-0.2, 0) is 10.0 Å². The Balaban J connectivity index is 1.90. The summed E-state index contributed by atoms with van der Waals surface area (Å²) in [7, 11) is -3.96. The molecular formula is C25H38ClN3O4S. The molecule has 7 nitrogen and oxygen atoms in total. The number of halogens is 1. The Morgan fingerprint density at radius 2 is 1.94 bits per heavy atom. The van der Waals surface area contributed by atoms with Crippen molar-refractivity contribution >= 4 is 27.3 Å². The second-order valence-electron chi connectivity index (χ2n) is 10.3. The van der Waals surface area contributed by atoms with Crippen LogP contribution in [-0.4, -0.2) is 54.8 Å². The van der Waals surface area contributed by atoms with Gasteiger partial charge in [0.15, 0.2) is 0 Å². The lowest BCUT2D eigenvalue weighted by molar-refractivity contribution is -0.384. The Morgan fingerprint density at radius 3 is 2.50 bits per heavy atom. The van der Waals surface area contributed by atoms with Crippen molar-refractivity contribution in [2.45, 2.75) is 71.2 Å². The molecule has 0 heterocycles. The Morgan fingerprint density at radius 1 is 1.26 bits per heavy atom. The Labute approximate surface area is 209 Å². The standard InChI is InChI=1S/C25H38ClN3O4S/c1-6-27(7-2)14-8-9-18(3)28(17-19-10-11-20-15-22(19)25(20,4)5)34(32,33)21-12-13-23(26)24(16-21)29(30)31/h10,12-13,16,18,20,22H,6-9,11,14-15,17H2,1-5H3. The second kappa shape index (κ2) is 10.6. The summed E-state index contributed by atoms with van der Waals surface area (Å²) < 4.78 is 29.3. The second-order valence-corrected chi connectivity index (χ2v) is 12.6. The predicted octanol–water partition coefficient (Wildman–Crippen LogP) is 5.74. The summed E-state index contributed by atoms with van der Waals surface area (Å²) >= 11 is 5.96. The number of rotatable bonds is 12. The van der Waals surface area contributed by atoms with E-state index in [2.05, 4.69) is 38.7 Å². The van der Waals surface area contributed by atoms with Gasteiger partial charge in [-0.3, -0.25) is 10.1 Å². The molecule has 34 heavy (non-hydrogen) atoms. The molecule has 190 valence electrons. The molecule has 1 fully saturated rings. The van der Waals surface area contributed by atoms with E-state index < -0.39 is 20.6 Å². The molecule has 0 amide bonds. The van der Waals surface area contributed by atoms with Crippen molar-refractivity contribution in [3.8, 4) is 0 Å². The fourth-order valence-corrected chi connectivity index (χ4v) is 7.39. The summed E-state index contributed by atoms with van der Waals surface area (Å²) in [5.74, 6) is 1.04. The summed E-state index contributed by atoms with van der Waals surface area (Å²) in [6.45, 7) is 13.9. The number of hydrogen-bond acceptors (Lipinski definition) is 5. The van der Waals surface area contributed by atoms with Gasteiger partial charge < -0.3 is 4.90 Å². The topological polar surface area (TPSA) is 83.8 Å². The number of hydrogen-bond donors (Lipinski definition) is 0. The van der Waals surface area contributed by atoms with Crippen LogP contribution in [0.5, 0.6) is 0 Å². The minimum absolute atomic E-state index is 0.0694. The van der Waals surface area contributed by atoms with Crippen LogP contribution in [0.25, 0.3) is 0 Å². The monoisotopic (exact) mass is 511 g/mol. The number of fused-ring (bicyclic) bond motifs is 1. The first-order chi connectivity index (χ1) is 15.9. The molecule has 1 aromatic rings. The molecule has 0 radical (unpaired) electrons. The molecule has 0 aromatic heterocycles. The quantitative estimate of drug-likeness (QED) is 0.203.